The maximum absolute atomic E-state index is 11.2. The fourth-order valence-electron chi connectivity index (χ4n) is 2.64. The largest absolute Gasteiger partial charge is 0.502 e. The number of benzene rings is 2. The zero-order chi connectivity index (χ0) is 20.5. The summed E-state index contributed by atoms with van der Waals surface area (Å²) < 4.78 is 5.62. The first-order valence-corrected chi connectivity index (χ1v) is 8.23. The highest BCUT2D eigenvalue weighted by Crippen LogP contribution is 2.42. The van der Waals surface area contributed by atoms with Crippen LogP contribution in [0.15, 0.2) is 24.3 Å². The topological polar surface area (TPSA) is 136 Å². The predicted octanol–water partition coefficient (Wildman–Crippen LogP) is 4.95. The fourth-order valence-corrected chi connectivity index (χ4v) is 2.64. The molecule has 0 heterocycles. The van der Waals surface area contributed by atoms with Crippen LogP contribution in [-0.2, 0) is 0 Å². The summed E-state index contributed by atoms with van der Waals surface area (Å²) in [7, 11) is 0. The normalized spacial score (nSPS) is 11.0. The Balaban J connectivity index is 2.60. The molecule has 0 aliphatic rings. The number of nitro groups is 2. The maximum atomic E-state index is 11.2. The van der Waals surface area contributed by atoms with Crippen LogP contribution in [0, 0.1) is 20.2 Å². The van der Waals surface area contributed by atoms with Crippen LogP contribution >= 0.6 is 0 Å². The van der Waals surface area contributed by atoms with Crippen molar-refractivity contribution in [3.63, 3.8) is 0 Å². The minimum absolute atomic E-state index is 0.0536. The molecule has 0 unspecified atom stereocenters. The van der Waals surface area contributed by atoms with Crippen LogP contribution in [0.1, 0.15) is 50.7 Å². The van der Waals surface area contributed by atoms with E-state index in [0.29, 0.717) is 11.1 Å². The van der Waals surface area contributed by atoms with Crippen LogP contribution < -0.4 is 4.74 Å². The minimum Gasteiger partial charge on any atom is -0.502 e. The lowest BCUT2D eigenvalue weighted by Crippen LogP contribution is -1.99. The second kappa shape index (κ2) is 7.48. The summed E-state index contributed by atoms with van der Waals surface area (Å²) in [5, 5.41) is 42.5. The minimum atomic E-state index is -0.729. The van der Waals surface area contributed by atoms with Gasteiger partial charge < -0.3 is 14.9 Å². The standard InChI is InChI=1S/C18H20N2O7/c1-9(2)13-5-11(7-15(17(13)21)19(23)24)27-12-6-14(10(3)4)18(22)16(8-12)20(25)26/h5-10,21-22H,1-4H3. The molecule has 0 saturated carbocycles. The first-order chi connectivity index (χ1) is 12.5. The van der Waals surface area contributed by atoms with E-state index < -0.39 is 32.7 Å². The smallest absolute Gasteiger partial charge is 0.314 e. The molecule has 144 valence electrons. The lowest BCUT2D eigenvalue weighted by atomic mass is 10.00. The average Bonchev–Trinajstić information content (AvgIpc) is 2.56. The van der Waals surface area contributed by atoms with Gasteiger partial charge in [0.15, 0.2) is 11.5 Å². The Labute approximate surface area is 155 Å². The van der Waals surface area contributed by atoms with E-state index >= 15 is 0 Å². The Morgan fingerprint density at radius 1 is 0.778 bits per heavy atom. The quantitative estimate of drug-likeness (QED) is 0.537. The molecule has 0 fully saturated rings. The first kappa shape index (κ1) is 20.0. The molecule has 0 aliphatic heterocycles. The number of phenols is 2. The molecule has 0 spiro atoms. The van der Waals surface area contributed by atoms with Gasteiger partial charge in [-0.15, -0.1) is 0 Å². The molecule has 27 heavy (non-hydrogen) atoms. The molecule has 9 heteroatoms. The van der Waals surface area contributed by atoms with Gasteiger partial charge in [-0.1, -0.05) is 27.7 Å². The van der Waals surface area contributed by atoms with Crippen LogP contribution in [-0.4, -0.2) is 20.1 Å². The second-order valence-corrected chi connectivity index (χ2v) is 6.69. The van der Waals surface area contributed by atoms with Crippen molar-refractivity contribution in [1.82, 2.24) is 0 Å². The van der Waals surface area contributed by atoms with E-state index in [1.807, 2.05) is 0 Å². The van der Waals surface area contributed by atoms with Crippen molar-refractivity contribution < 1.29 is 24.8 Å². The molecule has 0 amide bonds. The van der Waals surface area contributed by atoms with Crippen LogP contribution in [0.2, 0.25) is 0 Å². The van der Waals surface area contributed by atoms with Crippen LogP contribution in [0.25, 0.3) is 0 Å². The van der Waals surface area contributed by atoms with Crippen molar-refractivity contribution in [3.8, 4) is 23.0 Å². The fraction of sp³-hybridized carbons (Fsp3) is 0.333. The van der Waals surface area contributed by atoms with E-state index in [9.17, 15) is 30.4 Å². The number of hydrogen-bond acceptors (Lipinski definition) is 7. The van der Waals surface area contributed by atoms with Crippen molar-refractivity contribution in [3.05, 3.63) is 55.6 Å². The van der Waals surface area contributed by atoms with Crippen molar-refractivity contribution in [2.45, 2.75) is 39.5 Å². The highest BCUT2D eigenvalue weighted by molar-refractivity contribution is 5.59. The predicted molar refractivity (Wildman–Crippen MR) is 97.8 cm³/mol. The second-order valence-electron chi connectivity index (χ2n) is 6.69. The van der Waals surface area contributed by atoms with E-state index in [4.69, 9.17) is 4.74 Å². The van der Waals surface area contributed by atoms with E-state index in [-0.39, 0.29) is 23.3 Å². The van der Waals surface area contributed by atoms with Gasteiger partial charge in [0.05, 0.1) is 22.0 Å². The van der Waals surface area contributed by atoms with Crippen LogP contribution in [0.5, 0.6) is 23.0 Å². The summed E-state index contributed by atoms with van der Waals surface area (Å²) in [6.45, 7) is 7.02. The molecular weight excluding hydrogens is 356 g/mol. The Kier molecular flexibility index (Phi) is 5.53. The molecule has 2 N–H and O–H groups in total. The number of hydrogen-bond donors (Lipinski definition) is 2. The van der Waals surface area contributed by atoms with E-state index in [1.165, 1.54) is 12.1 Å². The molecule has 0 aliphatic carbocycles. The van der Waals surface area contributed by atoms with Crippen LogP contribution in [0.3, 0.4) is 0 Å². The maximum Gasteiger partial charge on any atom is 0.314 e. The summed E-state index contributed by atoms with van der Waals surface area (Å²) in [6, 6.07) is 4.99. The van der Waals surface area contributed by atoms with E-state index in [2.05, 4.69) is 0 Å². The highest BCUT2D eigenvalue weighted by Gasteiger charge is 2.24. The molecule has 2 aromatic rings. The van der Waals surface area contributed by atoms with Crippen molar-refractivity contribution >= 4 is 11.4 Å². The summed E-state index contributed by atoms with van der Waals surface area (Å²) in [4.78, 5) is 20.9. The number of nitrogens with zero attached hydrogens (tertiary/aromatic N) is 2. The highest BCUT2D eigenvalue weighted by atomic mass is 16.6. The number of nitro benzene ring substituents is 2. The van der Waals surface area contributed by atoms with Crippen LogP contribution in [0.4, 0.5) is 11.4 Å². The molecule has 9 nitrogen and oxygen atoms in total. The van der Waals surface area contributed by atoms with E-state index in [1.54, 1.807) is 27.7 Å². The number of ether oxygens (including phenoxy) is 1. The lowest BCUT2D eigenvalue weighted by molar-refractivity contribution is -0.386. The molecule has 0 atom stereocenters. The third kappa shape index (κ3) is 4.08. The molecule has 0 aromatic heterocycles. The third-order valence-electron chi connectivity index (χ3n) is 4.06. The van der Waals surface area contributed by atoms with Gasteiger partial charge >= 0.3 is 11.4 Å². The molecule has 2 aromatic carbocycles. The van der Waals surface area contributed by atoms with Crippen molar-refractivity contribution in [1.29, 1.82) is 0 Å². The molecule has 0 saturated heterocycles. The van der Waals surface area contributed by atoms with E-state index in [0.717, 1.165) is 12.1 Å². The van der Waals surface area contributed by atoms with Crippen molar-refractivity contribution in [2.24, 2.45) is 0 Å². The van der Waals surface area contributed by atoms with Gasteiger partial charge in [-0.25, -0.2) is 0 Å². The SMILES string of the molecule is CC(C)c1cc(Oc2cc(C(C)C)c(O)c([N+](=O)[O-])c2)cc([N+](=O)[O-])c1O. The zero-order valence-electron chi connectivity index (χ0n) is 15.3. The van der Waals surface area contributed by atoms with Crippen molar-refractivity contribution in [2.75, 3.05) is 0 Å². The summed E-state index contributed by atoms with van der Waals surface area (Å²) in [5.74, 6) is -1.21. The number of phenolic OH excluding ortho intramolecular Hbond substituents is 2. The number of rotatable bonds is 6. The van der Waals surface area contributed by atoms with Gasteiger partial charge in [-0.05, 0) is 24.0 Å². The Morgan fingerprint density at radius 2 is 1.11 bits per heavy atom. The Morgan fingerprint density at radius 3 is 1.37 bits per heavy atom. The van der Waals surface area contributed by atoms with Gasteiger partial charge in [-0.2, -0.15) is 0 Å². The summed E-state index contributed by atoms with van der Waals surface area (Å²) in [5.41, 5.74) is -0.407. The van der Waals surface area contributed by atoms with Gasteiger partial charge in [0.2, 0.25) is 0 Å². The first-order valence-electron chi connectivity index (χ1n) is 8.23. The van der Waals surface area contributed by atoms with Gasteiger partial charge in [0.1, 0.15) is 11.5 Å². The zero-order valence-corrected chi connectivity index (χ0v) is 15.3. The lowest BCUT2D eigenvalue weighted by Gasteiger charge is -2.14. The Hall–Kier alpha value is -3.36. The Bertz CT molecular complexity index is 834. The molecular formula is C18H20N2O7. The van der Waals surface area contributed by atoms with Gasteiger partial charge in [0, 0.05) is 11.1 Å². The monoisotopic (exact) mass is 376 g/mol. The summed E-state index contributed by atoms with van der Waals surface area (Å²) >= 11 is 0. The average molecular weight is 376 g/mol. The molecule has 0 radical (unpaired) electrons. The third-order valence-corrected chi connectivity index (χ3v) is 4.06. The van der Waals surface area contributed by atoms with Gasteiger partial charge in [0.25, 0.3) is 0 Å². The molecule has 0 bridgehead atoms. The molecule has 2 rings (SSSR count). The van der Waals surface area contributed by atoms with Gasteiger partial charge in [-0.3, -0.25) is 20.2 Å². The summed E-state index contributed by atoms with van der Waals surface area (Å²) in [6.07, 6.45) is 0. The number of aromatic hydroxyl groups is 2.